The fraction of sp³-hybridized carbons (Fsp3) is 0.429. The second kappa shape index (κ2) is 7.64. The van der Waals surface area contributed by atoms with Gasteiger partial charge in [0.25, 0.3) is 0 Å². The van der Waals surface area contributed by atoms with Crippen LogP contribution >= 0.6 is 24.0 Å². The maximum atomic E-state index is 12.0. The molecule has 0 bridgehead atoms. The van der Waals surface area contributed by atoms with Crippen LogP contribution in [0.2, 0.25) is 5.02 Å². The van der Waals surface area contributed by atoms with Crippen molar-refractivity contribution in [3.63, 3.8) is 0 Å². The minimum absolute atomic E-state index is 0. The summed E-state index contributed by atoms with van der Waals surface area (Å²) in [6.45, 7) is 7.08. The summed E-state index contributed by atoms with van der Waals surface area (Å²) < 4.78 is 0. The number of carbonyl (C=O) groups excluding carboxylic acids is 2. The Kier molecular flexibility index (Phi) is 7.16. The summed E-state index contributed by atoms with van der Waals surface area (Å²) in [4.78, 5) is 23.0. The molecule has 0 saturated carbocycles. The Morgan fingerprint density at radius 1 is 1.24 bits per heavy atom. The molecule has 1 aromatic rings. The van der Waals surface area contributed by atoms with Gasteiger partial charge in [0, 0.05) is 12.6 Å². The number of nitrogens with two attached hydrogens (primary N) is 1. The van der Waals surface area contributed by atoms with E-state index in [0.717, 1.165) is 0 Å². The average molecular weight is 334 g/mol. The Hall–Kier alpha value is -1.30. The van der Waals surface area contributed by atoms with Crippen molar-refractivity contribution >= 4 is 47.2 Å². The first-order valence-electron chi connectivity index (χ1n) is 6.25. The van der Waals surface area contributed by atoms with E-state index in [1.54, 1.807) is 18.2 Å². The van der Waals surface area contributed by atoms with Crippen molar-refractivity contribution in [2.45, 2.75) is 33.7 Å². The second-order valence-corrected chi connectivity index (χ2v) is 6.12. The topological polar surface area (TPSA) is 84.2 Å². The van der Waals surface area contributed by atoms with Gasteiger partial charge in [0.05, 0.1) is 16.8 Å². The van der Waals surface area contributed by atoms with Crippen molar-refractivity contribution in [1.82, 2.24) is 0 Å². The summed E-state index contributed by atoms with van der Waals surface area (Å²) in [6, 6.07) is 4.23. The lowest BCUT2D eigenvalue weighted by atomic mass is 9.87. The second-order valence-electron chi connectivity index (χ2n) is 5.71. The fourth-order valence-electron chi connectivity index (χ4n) is 1.50. The van der Waals surface area contributed by atoms with Crippen LogP contribution in [0.5, 0.6) is 0 Å². The van der Waals surface area contributed by atoms with Crippen LogP contribution in [-0.4, -0.2) is 17.9 Å². The number of nitrogens with one attached hydrogen (secondary N) is 2. The molecule has 1 rings (SSSR count). The molecule has 5 nitrogen and oxygen atoms in total. The summed E-state index contributed by atoms with van der Waals surface area (Å²) in [5, 5.41) is 5.65. The third-order valence-corrected chi connectivity index (χ3v) is 3.08. The Bertz CT molecular complexity index is 527. The maximum absolute atomic E-state index is 12.0. The van der Waals surface area contributed by atoms with E-state index < -0.39 is 6.04 Å². The molecule has 21 heavy (non-hydrogen) atoms. The van der Waals surface area contributed by atoms with Gasteiger partial charge in [0.2, 0.25) is 11.8 Å². The summed E-state index contributed by atoms with van der Waals surface area (Å²) in [7, 11) is 0. The van der Waals surface area contributed by atoms with Crippen LogP contribution in [0.1, 0.15) is 27.7 Å². The molecule has 1 aromatic carbocycles. The standard InChI is InChI=1S/C14H20ClN3O2.ClH/c1-8(19)17-11-6-5-9(7-10(11)15)18-13(20)12(16)14(2,3)4;/h5-7,12H,16H2,1-4H3,(H,17,19)(H,18,20);1H/t12-;/m1./s1. The van der Waals surface area contributed by atoms with E-state index >= 15 is 0 Å². The summed E-state index contributed by atoms with van der Waals surface area (Å²) in [6.07, 6.45) is 0. The molecule has 0 fully saturated rings. The molecular formula is C14H21Cl2N3O2. The minimum atomic E-state index is -0.628. The van der Waals surface area contributed by atoms with E-state index in [1.807, 2.05) is 20.8 Å². The van der Waals surface area contributed by atoms with E-state index in [1.165, 1.54) is 6.92 Å². The molecule has 0 aromatic heterocycles. The molecule has 0 aliphatic heterocycles. The number of rotatable bonds is 3. The molecule has 0 radical (unpaired) electrons. The van der Waals surface area contributed by atoms with Crippen molar-refractivity contribution in [1.29, 1.82) is 0 Å². The van der Waals surface area contributed by atoms with Gasteiger partial charge < -0.3 is 16.4 Å². The maximum Gasteiger partial charge on any atom is 0.241 e. The zero-order valence-corrected chi connectivity index (χ0v) is 14.1. The van der Waals surface area contributed by atoms with Gasteiger partial charge in [0.1, 0.15) is 0 Å². The number of halogens is 2. The quantitative estimate of drug-likeness (QED) is 0.794. The number of benzene rings is 1. The average Bonchev–Trinajstić information content (AvgIpc) is 2.30. The highest BCUT2D eigenvalue weighted by Crippen LogP contribution is 2.26. The smallest absolute Gasteiger partial charge is 0.241 e. The van der Waals surface area contributed by atoms with Crippen LogP contribution in [0.3, 0.4) is 0 Å². The van der Waals surface area contributed by atoms with E-state index in [4.69, 9.17) is 17.3 Å². The van der Waals surface area contributed by atoms with Gasteiger partial charge in [-0.1, -0.05) is 32.4 Å². The van der Waals surface area contributed by atoms with E-state index in [0.29, 0.717) is 16.4 Å². The van der Waals surface area contributed by atoms with Gasteiger partial charge in [-0.3, -0.25) is 9.59 Å². The number of anilines is 2. The number of hydrogen-bond acceptors (Lipinski definition) is 3. The van der Waals surface area contributed by atoms with Gasteiger partial charge in [-0.05, 0) is 23.6 Å². The van der Waals surface area contributed by atoms with Gasteiger partial charge in [-0.2, -0.15) is 0 Å². The fourth-order valence-corrected chi connectivity index (χ4v) is 1.72. The first-order valence-corrected chi connectivity index (χ1v) is 6.62. The third kappa shape index (κ3) is 5.91. The van der Waals surface area contributed by atoms with Crippen LogP contribution in [-0.2, 0) is 9.59 Å². The van der Waals surface area contributed by atoms with Crippen molar-refractivity contribution < 1.29 is 9.59 Å². The Labute approximate surface area is 136 Å². The van der Waals surface area contributed by atoms with Gasteiger partial charge in [0.15, 0.2) is 0 Å². The van der Waals surface area contributed by atoms with E-state index in [-0.39, 0.29) is 29.6 Å². The molecule has 0 unspecified atom stereocenters. The molecule has 0 saturated heterocycles. The zero-order valence-electron chi connectivity index (χ0n) is 12.5. The summed E-state index contributed by atoms with van der Waals surface area (Å²) in [5.74, 6) is -0.487. The highest BCUT2D eigenvalue weighted by Gasteiger charge is 2.27. The lowest BCUT2D eigenvalue weighted by Gasteiger charge is -2.25. The predicted octanol–water partition coefficient (Wildman–Crippen LogP) is 3.03. The highest BCUT2D eigenvalue weighted by atomic mass is 35.5. The van der Waals surface area contributed by atoms with Crippen LogP contribution < -0.4 is 16.4 Å². The molecule has 0 heterocycles. The zero-order chi connectivity index (χ0) is 15.5. The number of hydrogen-bond donors (Lipinski definition) is 3. The summed E-state index contributed by atoms with van der Waals surface area (Å²) >= 11 is 6.03. The molecule has 0 aliphatic rings. The van der Waals surface area contributed by atoms with E-state index in [9.17, 15) is 9.59 Å². The highest BCUT2D eigenvalue weighted by molar-refractivity contribution is 6.34. The molecule has 4 N–H and O–H groups in total. The molecule has 2 amide bonds. The molecule has 118 valence electrons. The molecular weight excluding hydrogens is 313 g/mol. The third-order valence-electron chi connectivity index (χ3n) is 2.76. The molecule has 0 aliphatic carbocycles. The number of carbonyl (C=O) groups is 2. The van der Waals surface area contributed by atoms with Crippen LogP contribution in [0.25, 0.3) is 0 Å². The first kappa shape index (κ1) is 19.7. The van der Waals surface area contributed by atoms with Crippen molar-refractivity contribution in [3.8, 4) is 0 Å². The first-order chi connectivity index (χ1) is 9.11. The predicted molar refractivity (Wildman–Crippen MR) is 89.1 cm³/mol. The summed E-state index contributed by atoms with van der Waals surface area (Å²) in [5.41, 5.74) is 6.58. The van der Waals surface area contributed by atoms with Gasteiger partial charge in [-0.25, -0.2) is 0 Å². The van der Waals surface area contributed by atoms with Crippen molar-refractivity contribution in [3.05, 3.63) is 23.2 Å². The van der Waals surface area contributed by atoms with Gasteiger partial charge in [-0.15, -0.1) is 12.4 Å². The van der Waals surface area contributed by atoms with Crippen LogP contribution in [0.4, 0.5) is 11.4 Å². The van der Waals surface area contributed by atoms with Crippen LogP contribution in [0.15, 0.2) is 18.2 Å². The lowest BCUT2D eigenvalue weighted by molar-refractivity contribution is -0.119. The molecule has 7 heteroatoms. The monoisotopic (exact) mass is 333 g/mol. The van der Waals surface area contributed by atoms with Gasteiger partial charge >= 0.3 is 0 Å². The minimum Gasteiger partial charge on any atom is -0.325 e. The van der Waals surface area contributed by atoms with Crippen LogP contribution in [0, 0.1) is 5.41 Å². The normalized spacial score (nSPS) is 12.1. The van der Waals surface area contributed by atoms with E-state index in [2.05, 4.69) is 10.6 Å². The molecule has 0 spiro atoms. The SMILES string of the molecule is CC(=O)Nc1ccc(NC(=O)[C@@H](N)C(C)(C)C)cc1Cl.Cl. The van der Waals surface area contributed by atoms with Crippen molar-refractivity contribution in [2.75, 3.05) is 10.6 Å². The molecule has 1 atom stereocenters. The Morgan fingerprint density at radius 2 is 1.81 bits per heavy atom. The lowest BCUT2D eigenvalue weighted by Crippen LogP contribution is -2.45. The Morgan fingerprint density at radius 3 is 2.24 bits per heavy atom. The Balaban J connectivity index is 0.00000400. The van der Waals surface area contributed by atoms with Crippen molar-refractivity contribution in [2.24, 2.45) is 11.1 Å². The number of amides is 2. The largest absolute Gasteiger partial charge is 0.325 e.